The number of hydrogen-bond donors (Lipinski definition) is 1. The van der Waals surface area contributed by atoms with Gasteiger partial charge in [0.25, 0.3) is 0 Å². The number of halogens is 1. The molecular weight excluding hydrogens is 275 g/mol. The van der Waals surface area contributed by atoms with Gasteiger partial charge in [-0.1, -0.05) is 0 Å². The lowest BCUT2D eigenvalue weighted by Crippen LogP contribution is -2.08. The Morgan fingerprint density at radius 1 is 1.33 bits per heavy atom. The molecule has 0 saturated carbocycles. The van der Waals surface area contributed by atoms with Crippen LogP contribution in [0.3, 0.4) is 0 Å². The Morgan fingerprint density at radius 2 is 2.14 bits per heavy atom. The average Bonchev–Trinajstić information content (AvgIpc) is 2.45. The van der Waals surface area contributed by atoms with Gasteiger partial charge in [-0.3, -0.25) is 4.98 Å². The molecule has 0 saturated heterocycles. The number of nitrogen functional groups attached to an aromatic ring is 1. The number of hydrogen-bond acceptors (Lipinski definition) is 5. The van der Waals surface area contributed by atoms with E-state index in [1.54, 1.807) is 13.0 Å². The van der Waals surface area contributed by atoms with Crippen LogP contribution in [-0.2, 0) is 11.3 Å². The van der Waals surface area contributed by atoms with Crippen LogP contribution in [0.25, 0.3) is 0 Å². The van der Waals surface area contributed by atoms with Crippen LogP contribution < -0.4 is 10.5 Å². The highest BCUT2D eigenvalue weighted by Gasteiger charge is 2.14. The molecule has 5 nitrogen and oxygen atoms in total. The molecule has 6 heteroatoms. The number of ether oxygens (including phenoxy) is 2. The Labute approximate surface area is 121 Å². The van der Waals surface area contributed by atoms with Crippen molar-refractivity contribution in [2.75, 3.05) is 12.3 Å². The maximum atomic E-state index is 13.1. The largest absolute Gasteiger partial charge is 0.488 e. The van der Waals surface area contributed by atoms with Crippen molar-refractivity contribution in [2.24, 2.45) is 0 Å². The zero-order valence-electron chi connectivity index (χ0n) is 11.5. The fourth-order valence-electron chi connectivity index (χ4n) is 1.73. The minimum atomic E-state index is -0.495. The average molecular weight is 290 g/mol. The number of nitrogens with zero attached hydrogens (tertiary/aromatic N) is 1. The zero-order chi connectivity index (χ0) is 15.2. The van der Waals surface area contributed by atoms with Crippen LogP contribution in [0.4, 0.5) is 10.1 Å². The van der Waals surface area contributed by atoms with Gasteiger partial charge in [-0.05, 0) is 25.1 Å². The van der Waals surface area contributed by atoms with Crippen LogP contribution >= 0.6 is 0 Å². The second kappa shape index (κ2) is 6.69. The summed E-state index contributed by atoms with van der Waals surface area (Å²) in [7, 11) is 0. The first kappa shape index (κ1) is 14.8. The third-order valence-electron chi connectivity index (χ3n) is 2.66. The van der Waals surface area contributed by atoms with Crippen molar-refractivity contribution in [3.05, 3.63) is 53.6 Å². The maximum absolute atomic E-state index is 13.1. The lowest BCUT2D eigenvalue weighted by atomic mass is 10.2. The van der Waals surface area contributed by atoms with Crippen molar-refractivity contribution in [3.8, 4) is 5.75 Å². The second-order valence-corrected chi connectivity index (χ2v) is 4.28. The van der Waals surface area contributed by atoms with Gasteiger partial charge in [-0.25, -0.2) is 9.18 Å². The van der Waals surface area contributed by atoms with Gasteiger partial charge in [-0.15, -0.1) is 0 Å². The summed E-state index contributed by atoms with van der Waals surface area (Å²) in [4.78, 5) is 15.6. The van der Waals surface area contributed by atoms with Crippen molar-refractivity contribution in [3.63, 3.8) is 0 Å². The predicted octanol–water partition coefficient (Wildman–Crippen LogP) is 2.56. The van der Waals surface area contributed by atoms with Gasteiger partial charge < -0.3 is 15.2 Å². The monoisotopic (exact) mass is 290 g/mol. The highest BCUT2D eigenvalue weighted by atomic mass is 19.1. The Kier molecular flexibility index (Phi) is 4.71. The molecule has 2 aromatic rings. The molecule has 0 aliphatic heterocycles. The fraction of sp³-hybridized carbons (Fsp3) is 0.200. The summed E-state index contributed by atoms with van der Waals surface area (Å²) >= 11 is 0. The van der Waals surface area contributed by atoms with Crippen LogP contribution in [0.15, 0.2) is 36.7 Å². The molecule has 0 aliphatic carbocycles. The highest BCUT2D eigenvalue weighted by Crippen LogP contribution is 2.24. The van der Waals surface area contributed by atoms with E-state index in [9.17, 15) is 9.18 Å². The minimum Gasteiger partial charge on any atom is -0.488 e. The molecule has 0 bridgehead atoms. The van der Waals surface area contributed by atoms with Crippen molar-refractivity contribution >= 4 is 11.7 Å². The maximum Gasteiger partial charge on any atom is 0.341 e. The molecule has 1 heterocycles. The fourth-order valence-corrected chi connectivity index (χ4v) is 1.73. The van der Waals surface area contributed by atoms with Gasteiger partial charge in [0.1, 0.15) is 23.7 Å². The third kappa shape index (κ3) is 3.92. The van der Waals surface area contributed by atoms with Crippen LogP contribution in [-0.4, -0.2) is 17.6 Å². The van der Waals surface area contributed by atoms with Gasteiger partial charge in [-0.2, -0.15) is 0 Å². The Morgan fingerprint density at radius 3 is 2.86 bits per heavy atom. The standard InChI is InChI=1S/C15H15FN2O3/c1-2-20-15(19)13-4-3-12(17)6-14(13)21-9-10-5-11(16)8-18-7-10/h3-8H,2,9,17H2,1H3. The van der Waals surface area contributed by atoms with E-state index in [1.807, 2.05) is 0 Å². The molecule has 0 aliphatic rings. The molecule has 0 spiro atoms. The third-order valence-corrected chi connectivity index (χ3v) is 2.66. The molecule has 1 aromatic carbocycles. The minimum absolute atomic E-state index is 0.0701. The topological polar surface area (TPSA) is 74.4 Å². The molecule has 0 unspecified atom stereocenters. The number of carbonyl (C=O) groups excluding carboxylic acids is 1. The van der Waals surface area contributed by atoms with Gasteiger partial charge in [0.2, 0.25) is 0 Å². The van der Waals surface area contributed by atoms with E-state index in [1.165, 1.54) is 24.4 Å². The first-order chi connectivity index (χ1) is 10.1. The molecular formula is C15H15FN2O3. The molecule has 0 radical (unpaired) electrons. The number of carbonyl (C=O) groups is 1. The van der Waals surface area contributed by atoms with E-state index in [2.05, 4.69) is 4.98 Å². The van der Waals surface area contributed by atoms with Crippen molar-refractivity contribution < 1.29 is 18.7 Å². The predicted molar refractivity (Wildman–Crippen MR) is 75.3 cm³/mol. The van der Waals surface area contributed by atoms with Crippen molar-refractivity contribution in [1.29, 1.82) is 0 Å². The van der Waals surface area contributed by atoms with E-state index >= 15 is 0 Å². The van der Waals surface area contributed by atoms with E-state index in [0.29, 0.717) is 11.3 Å². The van der Waals surface area contributed by atoms with Crippen LogP contribution in [0, 0.1) is 5.82 Å². The van der Waals surface area contributed by atoms with E-state index < -0.39 is 11.8 Å². The number of esters is 1. The summed E-state index contributed by atoms with van der Waals surface area (Å²) in [6.45, 7) is 2.05. The summed E-state index contributed by atoms with van der Waals surface area (Å²) in [6, 6.07) is 5.96. The lowest BCUT2D eigenvalue weighted by molar-refractivity contribution is 0.0521. The van der Waals surface area contributed by atoms with E-state index in [0.717, 1.165) is 6.20 Å². The molecule has 2 N–H and O–H groups in total. The molecule has 0 fully saturated rings. The number of benzene rings is 1. The molecule has 2 rings (SSSR count). The smallest absolute Gasteiger partial charge is 0.341 e. The Hall–Kier alpha value is -2.63. The normalized spacial score (nSPS) is 10.2. The van der Waals surface area contributed by atoms with E-state index in [4.69, 9.17) is 15.2 Å². The zero-order valence-corrected chi connectivity index (χ0v) is 11.5. The Bertz CT molecular complexity index is 647. The van der Waals surface area contributed by atoms with Crippen LogP contribution in [0.5, 0.6) is 5.75 Å². The van der Waals surface area contributed by atoms with Gasteiger partial charge in [0.05, 0.1) is 12.8 Å². The summed E-state index contributed by atoms with van der Waals surface area (Å²) in [5, 5.41) is 0. The number of aromatic nitrogens is 1. The van der Waals surface area contributed by atoms with Gasteiger partial charge in [0.15, 0.2) is 0 Å². The van der Waals surface area contributed by atoms with Crippen molar-refractivity contribution in [1.82, 2.24) is 4.98 Å². The summed E-state index contributed by atoms with van der Waals surface area (Å²) in [5.41, 5.74) is 6.97. The van der Waals surface area contributed by atoms with E-state index in [-0.39, 0.29) is 24.5 Å². The Balaban J connectivity index is 2.18. The van der Waals surface area contributed by atoms with Crippen LogP contribution in [0.2, 0.25) is 0 Å². The number of rotatable bonds is 5. The van der Waals surface area contributed by atoms with Gasteiger partial charge in [0, 0.05) is 23.5 Å². The number of pyridine rings is 1. The van der Waals surface area contributed by atoms with Crippen LogP contribution in [0.1, 0.15) is 22.8 Å². The summed E-state index contributed by atoms with van der Waals surface area (Å²) < 4.78 is 23.5. The quantitative estimate of drug-likeness (QED) is 0.676. The second-order valence-electron chi connectivity index (χ2n) is 4.28. The van der Waals surface area contributed by atoms with Crippen molar-refractivity contribution in [2.45, 2.75) is 13.5 Å². The first-order valence-corrected chi connectivity index (χ1v) is 6.39. The summed E-state index contributed by atoms with van der Waals surface area (Å²) in [5.74, 6) is -0.656. The summed E-state index contributed by atoms with van der Waals surface area (Å²) in [6.07, 6.45) is 2.59. The first-order valence-electron chi connectivity index (χ1n) is 6.39. The number of nitrogens with two attached hydrogens (primary N) is 1. The molecule has 110 valence electrons. The number of anilines is 1. The highest BCUT2D eigenvalue weighted by molar-refractivity contribution is 5.93. The molecule has 0 atom stereocenters. The molecule has 0 amide bonds. The lowest BCUT2D eigenvalue weighted by Gasteiger charge is -2.11. The SMILES string of the molecule is CCOC(=O)c1ccc(N)cc1OCc1cncc(F)c1. The van der Waals surface area contributed by atoms with Gasteiger partial charge >= 0.3 is 5.97 Å². The molecule has 21 heavy (non-hydrogen) atoms. The molecule has 1 aromatic heterocycles.